The zero-order chi connectivity index (χ0) is 11.4. The highest BCUT2D eigenvalue weighted by Crippen LogP contribution is 2.17. The fraction of sp³-hybridized carbons (Fsp3) is 0.600. The monoisotopic (exact) mass is 210 g/mol. The minimum absolute atomic E-state index is 0.0157. The molecule has 0 saturated heterocycles. The molecule has 1 atom stereocenters. The summed E-state index contributed by atoms with van der Waals surface area (Å²) in [6, 6.07) is -0.0157. The molecule has 0 unspecified atom stereocenters. The molecule has 4 N–H and O–H groups in total. The van der Waals surface area contributed by atoms with Gasteiger partial charge in [-0.1, -0.05) is 13.8 Å². The number of nitrogens with two attached hydrogens (primary N) is 1. The molecule has 0 spiro atoms. The average molecular weight is 210 g/mol. The minimum Gasteiger partial charge on any atom is -0.394 e. The fourth-order valence-electron chi connectivity index (χ4n) is 1.21. The highest BCUT2D eigenvalue weighted by Gasteiger charge is 2.14. The molecule has 1 heterocycles. The maximum Gasteiger partial charge on any atom is 0.134 e. The number of aliphatic hydroxyl groups is 1. The zero-order valence-corrected chi connectivity index (χ0v) is 9.36. The second-order valence-electron chi connectivity index (χ2n) is 3.91. The van der Waals surface area contributed by atoms with Crippen LogP contribution in [0.3, 0.4) is 0 Å². The van der Waals surface area contributed by atoms with Crippen molar-refractivity contribution in [2.45, 2.75) is 26.8 Å². The van der Waals surface area contributed by atoms with Crippen LogP contribution < -0.4 is 11.1 Å². The number of rotatable bonds is 4. The van der Waals surface area contributed by atoms with Gasteiger partial charge in [-0.3, -0.25) is 0 Å². The van der Waals surface area contributed by atoms with Crippen molar-refractivity contribution in [2.24, 2.45) is 5.92 Å². The molecule has 1 aromatic heterocycles. The summed E-state index contributed by atoms with van der Waals surface area (Å²) in [4.78, 5) is 7.98. The summed E-state index contributed by atoms with van der Waals surface area (Å²) in [5.74, 6) is 1.48. The molecule has 0 radical (unpaired) electrons. The molecule has 0 saturated carbocycles. The van der Waals surface area contributed by atoms with Crippen molar-refractivity contribution in [1.29, 1.82) is 0 Å². The lowest BCUT2D eigenvalue weighted by Gasteiger charge is -2.21. The van der Waals surface area contributed by atoms with Gasteiger partial charge < -0.3 is 16.2 Å². The lowest BCUT2D eigenvalue weighted by Crippen LogP contribution is -2.30. The Labute approximate surface area is 89.7 Å². The summed E-state index contributed by atoms with van der Waals surface area (Å²) in [7, 11) is 0. The largest absolute Gasteiger partial charge is 0.394 e. The van der Waals surface area contributed by atoms with Crippen LogP contribution in [-0.2, 0) is 0 Å². The standard InChI is InChI=1S/C10H18N4O/c1-6(2)8(4-15)14-10-7(3)9(11)12-5-13-10/h5-6,8,15H,4H2,1-3H3,(H3,11,12,13,14)/t8-/m1/s1. The minimum atomic E-state index is -0.0157. The Kier molecular flexibility index (Phi) is 3.85. The quantitative estimate of drug-likeness (QED) is 0.684. The summed E-state index contributed by atoms with van der Waals surface area (Å²) in [5, 5.41) is 12.3. The summed E-state index contributed by atoms with van der Waals surface area (Å²) < 4.78 is 0. The number of anilines is 2. The van der Waals surface area contributed by atoms with E-state index in [2.05, 4.69) is 15.3 Å². The first-order valence-corrected chi connectivity index (χ1v) is 5.00. The maximum absolute atomic E-state index is 9.18. The summed E-state index contributed by atoms with van der Waals surface area (Å²) in [5.41, 5.74) is 6.48. The van der Waals surface area contributed by atoms with Crippen LogP contribution in [0.2, 0.25) is 0 Å². The van der Waals surface area contributed by atoms with Crippen LogP contribution in [0.1, 0.15) is 19.4 Å². The van der Waals surface area contributed by atoms with E-state index in [0.717, 1.165) is 5.56 Å². The highest BCUT2D eigenvalue weighted by molar-refractivity contribution is 5.54. The summed E-state index contributed by atoms with van der Waals surface area (Å²) >= 11 is 0. The lowest BCUT2D eigenvalue weighted by atomic mass is 10.1. The Balaban J connectivity index is 2.84. The summed E-state index contributed by atoms with van der Waals surface area (Å²) in [6.07, 6.45) is 1.42. The predicted molar refractivity (Wildman–Crippen MR) is 60.5 cm³/mol. The molecule has 84 valence electrons. The van der Waals surface area contributed by atoms with Crippen LogP contribution in [0, 0.1) is 12.8 Å². The molecule has 1 rings (SSSR count). The second-order valence-corrected chi connectivity index (χ2v) is 3.91. The Bertz CT molecular complexity index is 327. The van der Waals surface area contributed by atoms with Crippen LogP contribution in [0.4, 0.5) is 11.6 Å². The molecule has 0 aliphatic heterocycles. The van der Waals surface area contributed by atoms with E-state index in [0.29, 0.717) is 17.6 Å². The van der Waals surface area contributed by atoms with E-state index in [1.54, 1.807) is 0 Å². The van der Waals surface area contributed by atoms with Crippen LogP contribution in [0.5, 0.6) is 0 Å². The number of hydrogen-bond donors (Lipinski definition) is 3. The average Bonchev–Trinajstić information content (AvgIpc) is 2.19. The van der Waals surface area contributed by atoms with Crippen molar-refractivity contribution < 1.29 is 5.11 Å². The molecule has 0 fully saturated rings. The molecule has 5 nitrogen and oxygen atoms in total. The van der Waals surface area contributed by atoms with Gasteiger partial charge in [0.2, 0.25) is 0 Å². The van der Waals surface area contributed by atoms with Gasteiger partial charge in [0, 0.05) is 5.56 Å². The Hall–Kier alpha value is -1.36. The van der Waals surface area contributed by atoms with Gasteiger partial charge in [0.1, 0.15) is 18.0 Å². The van der Waals surface area contributed by atoms with E-state index >= 15 is 0 Å². The van der Waals surface area contributed by atoms with Gasteiger partial charge in [-0.25, -0.2) is 9.97 Å². The Morgan fingerprint density at radius 3 is 2.67 bits per heavy atom. The second kappa shape index (κ2) is 4.93. The molecule has 0 bridgehead atoms. The van der Waals surface area contributed by atoms with E-state index < -0.39 is 0 Å². The molecule has 0 aliphatic rings. The van der Waals surface area contributed by atoms with Crippen molar-refractivity contribution >= 4 is 11.6 Å². The van der Waals surface area contributed by atoms with Crippen molar-refractivity contribution in [3.05, 3.63) is 11.9 Å². The van der Waals surface area contributed by atoms with Gasteiger partial charge in [0.25, 0.3) is 0 Å². The van der Waals surface area contributed by atoms with E-state index in [9.17, 15) is 5.11 Å². The third-order valence-electron chi connectivity index (χ3n) is 2.45. The molecule has 5 heteroatoms. The molecular formula is C10H18N4O. The molecule has 0 amide bonds. The molecule has 0 aromatic carbocycles. The third-order valence-corrected chi connectivity index (χ3v) is 2.45. The van der Waals surface area contributed by atoms with Crippen LogP contribution in [0.15, 0.2) is 6.33 Å². The lowest BCUT2D eigenvalue weighted by molar-refractivity contribution is 0.249. The van der Waals surface area contributed by atoms with Crippen LogP contribution >= 0.6 is 0 Å². The predicted octanol–water partition coefficient (Wildman–Crippen LogP) is 0.796. The first kappa shape index (κ1) is 11.7. The van der Waals surface area contributed by atoms with E-state index in [4.69, 9.17) is 5.73 Å². The zero-order valence-electron chi connectivity index (χ0n) is 9.36. The van der Waals surface area contributed by atoms with E-state index in [1.807, 2.05) is 20.8 Å². The van der Waals surface area contributed by atoms with Crippen LogP contribution in [-0.4, -0.2) is 27.7 Å². The molecular weight excluding hydrogens is 192 g/mol. The SMILES string of the molecule is Cc1c(N)ncnc1N[C@H](CO)C(C)C. The molecule has 15 heavy (non-hydrogen) atoms. The third kappa shape index (κ3) is 2.79. The number of nitrogen functional groups attached to an aromatic ring is 1. The van der Waals surface area contributed by atoms with Gasteiger partial charge in [0.15, 0.2) is 0 Å². The first-order chi connectivity index (χ1) is 7.06. The number of nitrogens with zero attached hydrogens (tertiary/aromatic N) is 2. The Morgan fingerprint density at radius 2 is 2.13 bits per heavy atom. The molecule has 1 aromatic rings. The van der Waals surface area contributed by atoms with Crippen molar-refractivity contribution in [3.8, 4) is 0 Å². The first-order valence-electron chi connectivity index (χ1n) is 5.00. The van der Waals surface area contributed by atoms with Crippen molar-refractivity contribution in [1.82, 2.24) is 9.97 Å². The van der Waals surface area contributed by atoms with Crippen molar-refractivity contribution in [2.75, 3.05) is 17.7 Å². The van der Waals surface area contributed by atoms with Gasteiger partial charge in [0.05, 0.1) is 12.6 Å². The fourth-order valence-corrected chi connectivity index (χ4v) is 1.21. The number of hydrogen-bond acceptors (Lipinski definition) is 5. The molecule has 0 aliphatic carbocycles. The highest BCUT2D eigenvalue weighted by atomic mass is 16.3. The number of aromatic nitrogens is 2. The number of nitrogens with one attached hydrogen (secondary N) is 1. The van der Waals surface area contributed by atoms with Gasteiger partial charge in [-0.2, -0.15) is 0 Å². The van der Waals surface area contributed by atoms with Crippen LogP contribution in [0.25, 0.3) is 0 Å². The number of aliphatic hydroxyl groups excluding tert-OH is 1. The van der Waals surface area contributed by atoms with E-state index in [-0.39, 0.29) is 12.6 Å². The topological polar surface area (TPSA) is 84.1 Å². The van der Waals surface area contributed by atoms with Crippen molar-refractivity contribution in [3.63, 3.8) is 0 Å². The van der Waals surface area contributed by atoms with Gasteiger partial charge in [-0.05, 0) is 12.8 Å². The maximum atomic E-state index is 9.18. The van der Waals surface area contributed by atoms with Gasteiger partial charge in [-0.15, -0.1) is 0 Å². The van der Waals surface area contributed by atoms with Gasteiger partial charge >= 0.3 is 0 Å². The Morgan fingerprint density at radius 1 is 1.47 bits per heavy atom. The smallest absolute Gasteiger partial charge is 0.134 e. The van der Waals surface area contributed by atoms with E-state index in [1.165, 1.54) is 6.33 Å². The summed E-state index contributed by atoms with van der Waals surface area (Å²) in [6.45, 7) is 6.00. The normalized spacial score (nSPS) is 12.9.